The fourth-order valence-electron chi connectivity index (χ4n) is 2.38. The summed E-state index contributed by atoms with van der Waals surface area (Å²) in [6.45, 7) is 8.28. The van der Waals surface area contributed by atoms with Gasteiger partial charge in [-0.05, 0) is 51.5 Å². The first-order chi connectivity index (χ1) is 11.0. The molecule has 2 rings (SSSR count). The molecule has 124 valence electrons. The Morgan fingerprint density at radius 2 is 2.00 bits per heavy atom. The number of carbonyl (C=O) groups is 1. The highest BCUT2D eigenvalue weighted by molar-refractivity contribution is 5.94. The van der Waals surface area contributed by atoms with Gasteiger partial charge in [-0.15, -0.1) is 0 Å². The minimum atomic E-state index is -0.0526. The Kier molecular flexibility index (Phi) is 5.79. The molecule has 0 aliphatic rings. The summed E-state index contributed by atoms with van der Waals surface area (Å²) in [6, 6.07) is 7.34. The lowest BCUT2D eigenvalue weighted by Crippen LogP contribution is -2.32. The van der Waals surface area contributed by atoms with Gasteiger partial charge in [0.2, 0.25) is 0 Å². The maximum Gasteiger partial charge on any atom is 0.251 e. The smallest absolute Gasteiger partial charge is 0.251 e. The van der Waals surface area contributed by atoms with Gasteiger partial charge in [0.25, 0.3) is 5.91 Å². The Morgan fingerprint density at radius 3 is 2.57 bits per heavy atom. The molecule has 1 unspecified atom stereocenters. The van der Waals surface area contributed by atoms with Crippen LogP contribution in [-0.2, 0) is 6.61 Å². The summed E-state index contributed by atoms with van der Waals surface area (Å²) in [7, 11) is 0. The maximum atomic E-state index is 12.1. The highest BCUT2D eigenvalue weighted by Gasteiger charge is 2.11. The van der Waals surface area contributed by atoms with E-state index in [4.69, 9.17) is 9.26 Å². The Labute approximate surface area is 137 Å². The van der Waals surface area contributed by atoms with E-state index in [2.05, 4.69) is 17.4 Å². The van der Waals surface area contributed by atoms with Crippen molar-refractivity contribution in [1.82, 2.24) is 10.5 Å². The number of aryl methyl sites for hydroxylation is 2. The third-order valence-electron chi connectivity index (χ3n) is 3.78. The van der Waals surface area contributed by atoms with E-state index in [0.29, 0.717) is 17.9 Å². The average molecular weight is 316 g/mol. The predicted octanol–water partition coefficient (Wildman–Crippen LogP) is 3.79. The zero-order chi connectivity index (χ0) is 16.8. The van der Waals surface area contributed by atoms with Crippen LogP contribution in [0, 0.1) is 13.8 Å². The summed E-state index contributed by atoms with van der Waals surface area (Å²) in [4.78, 5) is 12.1. The predicted molar refractivity (Wildman–Crippen MR) is 88.6 cm³/mol. The van der Waals surface area contributed by atoms with Gasteiger partial charge >= 0.3 is 0 Å². The first kappa shape index (κ1) is 17.1. The number of nitrogens with one attached hydrogen (secondary N) is 1. The molecule has 2 aromatic rings. The van der Waals surface area contributed by atoms with Crippen LogP contribution in [0.15, 0.2) is 28.8 Å². The second-order valence-electron chi connectivity index (χ2n) is 5.78. The molecule has 5 nitrogen and oxygen atoms in total. The standard InChI is InChI=1S/C18H24N2O3/c1-5-6-12(2)19-18(21)15-7-9-16(10-8-15)22-11-17-13(3)20-23-14(17)4/h7-10,12H,5-6,11H2,1-4H3,(H,19,21). The van der Waals surface area contributed by atoms with Gasteiger partial charge in [-0.25, -0.2) is 0 Å². The van der Waals surface area contributed by atoms with E-state index in [1.807, 2.05) is 20.8 Å². The van der Waals surface area contributed by atoms with Crippen molar-refractivity contribution in [1.29, 1.82) is 0 Å². The van der Waals surface area contributed by atoms with Gasteiger partial charge in [0, 0.05) is 11.6 Å². The largest absolute Gasteiger partial charge is 0.489 e. The molecule has 1 aromatic carbocycles. The van der Waals surface area contributed by atoms with Crippen molar-refractivity contribution in [3.8, 4) is 5.75 Å². The number of rotatable bonds is 7. The maximum absolute atomic E-state index is 12.1. The monoisotopic (exact) mass is 316 g/mol. The van der Waals surface area contributed by atoms with Crippen LogP contribution in [0.5, 0.6) is 5.75 Å². The topological polar surface area (TPSA) is 64.4 Å². The molecule has 23 heavy (non-hydrogen) atoms. The van der Waals surface area contributed by atoms with Crippen LogP contribution in [0.25, 0.3) is 0 Å². The molecule has 0 fully saturated rings. The molecule has 1 atom stereocenters. The minimum absolute atomic E-state index is 0.0526. The van der Waals surface area contributed by atoms with Crippen LogP contribution in [0.3, 0.4) is 0 Å². The minimum Gasteiger partial charge on any atom is -0.489 e. The van der Waals surface area contributed by atoms with Gasteiger partial charge in [-0.2, -0.15) is 0 Å². The van der Waals surface area contributed by atoms with Gasteiger partial charge in [0.1, 0.15) is 18.1 Å². The van der Waals surface area contributed by atoms with E-state index in [0.717, 1.165) is 29.9 Å². The Hall–Kier alpha value is -2.30. The van der Waals surface area contributed by atoms with E-state index < -0.39 is 0 Å². The number of hydrogen-bond acceptors (Lipinski definition) is 4. The number of ether oxygens (including phenoxy) is 1. The van der Waals surface area contributed by atoms with Crippen LogP contribution < -0.4 is 10.1 Å². The Morgan fingerprint density at radius 1 is 1.30 bits per heavy atom. The summed E-state index contributed by atoms with van der Waals surface area (Å²) >= 11 is 0. The number of benzene rings is 1. The molecule has 0 spiro atoms. The molecule has 0 saturated heterocycles. The number of aromatic nitrogens is 1. The fraction of sp³-hybridized carbons (Fsp3) is 0.444. The summed E-state index contributed by atoms with van der Waals surface area (Å²) in [5, 5.41) is 6.89. The normalized spacial score (nSPS) is 12.0. The number of hydrogen-bond donors (Lipinski definition) is 1. The molecule has 5 heteroatoms. The van der Waals surface area contributed by atoms with Crippen LogP contribution in [0.2, 0.25) is 0 Å². The van der Waals surface area contributed by atoms with Crippen molar-refractivity contribution in [3.63, 3.8) is 0 Å². The van der Waals surface area contributed by atoms with Gasteiger partial charge < -0.3 is 14.6 Å². The van der Waals surface area contributed by atoms with Crippen molar-refractivity contribution in [2.24, 2.45) is 0 Å². The molecule has 1 N–H and O–H groups in total. The number of nitrogens with zero attached hydrogens (tertiary/aromatic N) is 1. The second kappa shape index (κ2) is 7.81. The van der Waals surface area contributed by atoms with E-state index in [1.54, 1.807) is 24.3 Å². The molecule has 1 aromatic heterocycles. The van der Waals surface area contributed by atoms with E-state index in [-0.39, 0.29) is 11.9 Å². The van der Waals surface area contributed by atoms with Crippen LogP contribution in [0.4, 0.5) is 0 Å². The molecular formula is C18H24N2O3. The Bertz CT molecular complexity index is 627. The molecule has 1 amide bonds. The number of carbonyl (C=O) groups excluding carboxylic acids is 1. The highest BCUT2D eigenvalue weighted by Crippen LogP contribution is 2.18. The van der Waals surface area contributed by atoms with E-state index in [1.165, 1.54) is 0 Å². The lowest BCUT2D eigenvalue weighted by atomic mass is 10.1. The van der Waals surface area contributed by atoms with Crippen molar-refractivity contribution >= 4 is 5.91 Å². The van der Waals surface area contributed by atoms with Gasteiger partial charge in [-0.1, -0.05) is 18.5 Å². The zero-order valence-corrected chi connectivity index (χ0v) is 14.2. The van der Waals surface area contributed by atoms with Crippen molar-refractivity contribution in [3.05, 3.63) is 46.8 Å². The Balaban J connectivity index is 1.93. The first-order valence-electron chi connectivity index (χ1n) is 7.96. The zero-order valence-electron chi connectivity index (χ0n) is 14.2. The quantitative estimate of drug-likeness (QED) is 0.844. The molecule has 0 radical (unpaired) electrons. The van der Waals surface area contributed by atoms with Crippen molar-refractivity contribution in [2.75, 3.05) is 0 Å². The summed E-state index contributed by atoms with van der Waals surface area (Å²) in [5.41, 5.74) is 2.43. The summed E-state index contributed by atoms with van der Waals surface area (Å²) in [5.74, 6) is 1.43. The third kappa shape index (κ3) is 4.58. The van der Waals surface area contributed by atoms with Crippen LogP contribution in [0.1, 0.15) is 54.1 Å². The highest BCUT2D eigenvalue weighted by atomic mass is 16.5. The molecule has 0 bridgehead atoms. The van der Waals surface area contributed by atoms with E-state index >= 15 is 0 Å². The third-order valence-corrected chi connectivity index (χ3v) is 3.78. The van der Waals surface area contributed by atoms with Crippen LogP contribution >= 0.6 is 0 Å². The molecule has 0 aliphatic heterocycles. The lowest BCUT2D eigenvalue weighted by Gasteiger charge is -2.13. The average Bonchev–Trinajstić information content (AvgIpc) is 2.84. The van der Waals surface area contributed by atoms with Gasteiger partial charge in [-0.3, -0.25) is 4.79 Å². The summed E-state index contributed by atoms with van der Waals surface area (Å²) in [6.07, 6.45) is 2.03. The number of amides is 1. The fourth-order valence-corrected chi connectivity index (χ4v) is 2.38. The van der Waals surface area contributed by atoms with E-state index in [9.17, 15) is 4.79 Å². The molecular weight excluding hydrogens is 292 g/mol. The lowest BCUT2D eigenvalue weighted by molar-refractivity contribution is 0.0938. The molecule has 0 aliphatic carbocycles. The van der Waals surface area contributed by atoms with Gasteiger partial charge in [0.05, 0.1) is 11.3 Å². The summed E-state index contributed by atoms with van der Waals surface area (Å²) < 4.78 is 10.8. The SMILES string of the molecule is CCCC(C)NC(=O)c1ccc(OCc2c(C)noc2C)cc1. The van der Waals surface area contributed by atoms with Gasteiger partial charge in [0.15, 0.2) is 0 Å². The second-order valence-corrected chi connectivity index (χ2v) is 5.78. The van der Waals surface area contributed by atoms with Crippen LogP contribution in [-0.4, -0.2) is 17.1 Å². The first-order valence-corrected chi connectivity index (χ1v) is 7.96. The van der Waals surface area contributed by atoms with Crippen molar-refractivity contribution in [2.45, 2.75) is 53.2 Å². The molecule has 1 heterocycles. The molecule has 0 saturated carbocycles. The van der Waals surface area contributed by atoms with Crippen molar-refractivity contribution < 1.29 is 14.1 Å².